The Balaban J connectivity index is 2.18. The van der Waals surface area contributed by atoms with Crippen molar-refractivity contribution in [3.8, 4) is 0 Å². The van der Waals surface area contributed by atoms with Gasteiger partial charge in [-0.2, -0.15) is 0 Å². The van der Waals surface area contributed by atoms with Gasteiger partial charge in [0.15, 0.2) is 0 Å². The number of hydrogen-bond acceptors (Lipinski definition) is 2. The Kier molecular flexibility index (Phi) is 4.58. The molecular formula is C17H21NO. The molecule has 0 aliphatic heterocycles. The number of nitrogens with one attached hydrogen (secondary N) is 1. The molecule has 2 aromatic rings. The van der Waals surface area contributed by atoms with Crippen LogP contribution in [0.5, 0.6) is 0 Å². The van der Waals surface area contributed by atoms with Gasteiger partial charge >= 0.3 is 0 Å². The number of rotatable bonds is 5. The van der Waals surface area contributed by atoms with Crippen molar-refractivity contribution in [2.24, 2.45) is 0 Å². The first-order valence-corrected chi connectivity index (χ1v) is 6.78. The average molecular weight is 255 g/mol. The minimum absolute atomic E-state index is 0.0894. The summed E-state index contributed by atoms with van der Waals surface area (Å²) in [5, 5.41) is 12.7. The van der Waals surface area contributed by atoms with E-state index < -0.39 is 0 Å². The highest BCUT2D eigenvalue weighted by atomic mass is 16.3. The Morgan fingerprint density at radius 2 is 1.89 bits per heavy atom. The summed E-state index contributed by atoms with van der Waals surface area (Å²) in [6, 6.07) is 16.7. The van der Waals surface area contributed by atoms with Crippen LogP contribution in [0.1, 0.15) is 36.6 Å². The molecule has 100 valence electrons. The van der Waals surface area contributed by atoms with Crippen molar-refractivity contribution in [1.82, 2.24) is 0 Å². The number of aliphatic hydroxyl groups is 1. The van der Waals surface area contributed by atoms with Crippen LogP contribution in [0.15, 0.2) is 48.5 Å². The zero-order valence-corrected chi connectivity index (χ0v) is 11.6. The number of para-hydroxylation sites is 1. The van der Waals surface area contributed by atoms with E-state index >= 15 is 0 Å². The first kappa shape index (κ1) is 13.6. The maximum absolute atomic E-state index is 9.20. The van der Waals surface area contributed by atoms with E-state index in [9.17, 15) is 5.11 Å². The monoisotopic (exact) mass is 255 g/mol. The van der Waals surface area contributed by atoms with Gasteiger partial charge in [0.25, 0.3) is 0 Å². The second-order valence-corrected chi connectivity index (χ2v) is 4.78. The van der Waals surface area contributed by atoms with Gasteiger partial charge in [-0.3, -0.25) is 0 Å². The van der Waals surface area contributed by atoms with E-state index in [0.29, 0.717) is 0 Å². The molecule has 0 spiro atoms. The van der Waals surface area contributed by atoms with E-state index in [2.05, 4.69) is 49.5 Å². The number of hydrogen-bond donors (Lipinski definition) is 2. The molecule has 2 aromatic carbocycles. The van der Waals surface area contributed by atoms with E-state index in [1.807, 2.05) is 18.2 Å². The first-order valence-electron chi connectivity index (χ1n) is 6.78. The molecule has 0 aliphatic rings. The molecule has 0 amide bonds. The summed E-state index contributed by atoms with van der Waals surface area (Å²) in [4.78, 5) is 0. The van der Waals surface area contributed by atoms with Crippen molar-refractivity contribution in [2.45, 2.75) is 32.9 Å². The predicted octanol–water partition coefficient (Wildman–Crippen LogP) is 3.91. The van der Waals surface area contributed by atoms with Crippen LogP contribution < -0.4 is 5.32 Å². The topological polar surface area (TPSA) is 32.3 Å². The molecule has 1 atom stereocenters. The summed E-state index contributed by atoms with van der Waals surface area (Å²) in [6.07, 6.45) is 1.02. The number of aryl methyl sites for hydroxylation is 1. The fourth-order valence-electron chi connectivity index (χ4n) is 2.25. The van der Waals surface area contributed by atoms with Gasteiger partial charge in [-0.15, -0.1) is 0 Å². The second-order valence-electron chi connectivity index (χ2n) is 4.78. The Morgan fingerprint density at radius 3 is 2.63 bits per heavy atom. The maximum atomic E-state index is 9.20. The zero-order chi connectivity index (χ0) is 13.7. The van der Waals surface area contributed by atoms with Crippen LogP contribution in [0.3, 0.4) is 0 Å². The molecule has 0 fully saturated rings. The molecule has 2 nitrogen and oxygen atoms in total. The van der Waals surface area contributed by atoms with E-state index in [-0.39, 0.29) is 12.6 Å². The zero-order valence-electron chi connectivity index (χ0n) is 11.6. The molecule has 0 radical (unpaired) electrons. The summed E-state index contributed by atoms with van der Waals surface area (Å²) in [5.74, 6) is 0. The Morgan fingerprint density at radius 1 is 1.11 bits per heavy atom. The maximum Gasteiger partial charge on any atom is 0.0681 e. The summed E-state index contributed by atoms with van der Waals surface area (Å²) >= 11 is 0. The number of anilines is 1. The SMILES string of the molecule is CCc1ccccc1NC(C)c1cccc(CO)c1. The molecule has 0 heterocycles. The van der Waals surface area contributed by atoms with Gasteiger partial charge in [0.1, 0.15) is 0 Å². The van der Waals surface area contributed by atoms with Crippen molar-refractivity contribution in [1.29, 1.82) is 0 Å². The van der Waals surface area contributed by atoms with Gasteiger partial charge < -0.3 is 10.4 Å². The molecule has 1 unspecified atom stereocenters. The minimum atomic E-state index is 0.0894. The van der Waals surface area contributed by atoms with E-state index in [4.69, 9.17) is 0 Å². The van der Waals surface area contributed by atoms with Crippen molar-refractivity contribution in [3.63, 3.8) is 0 Å². The summed E-state index contributed by atoms with van der Waals surface area (Å²) in [7, 11) is 0. The fourth-order valence-corrected chi connectivity index (χ4v) is 2.25. The van der Waals surface area contributed by atoms with Crippen LogP contribution in [0.25, 0.3) is 0 Å². The van der Waals surface area contributed by atoms with Crippen LogP contribution in [0.2, 0.25) is 0 Å². The van der Waals surface area contributed by atoms with Gasteiger partial charge in [0.2, 0.25) is 0 Å². The van der Waals surface area contributed by atoms with Gasteiger partial charge in [-0.25, -0.2) is 0 Å². The summed E-state index contributed by atoms with van der Waals surface area (Å²) in [5.41, 5.74) is 4.66. The third-order valence-corrected chi connectivity index (χ3v) is 3.40. The molecule has 2 heteroatoms. The quantitative estimate of drug-likeness (QED) is 0.849. The van der Waals surface area contributed by atoms with Gasteiger partial charge in [-0.1, -0.05) is 49.4 Å². The molecule has 0 bridgehead atoms. The highest BCUT2D eigenvalue weighted by Gasteiger charge is 2.07. The fraction of sp³-hybridized carbons (Fsp3) is 0.294. The lowest BCUT2D eigenvalue weighted by Crippen LogP contribution is -2.08. The molecule has 0 saturated heterocycles. The Labute approximate surface area is 115 Å². The molecule has 0 aromatic heterocycles. The highest BCUT2D eigenvalue weighted by molar-refractivity contribution is 5.52. The van der Waals surface area contributed by atoms with Crippen LogP contribution in [-0.4, -0.2) is 5.11 Å². The molecule has 0 saturated carbocycles. The number of aliphatic hydroxyl groups excluding tert-OH is 1. The smallest absolute Gasteiger partial charge is 0.0681 e. The van der Waals surface area contributed by atoms with E-state index in [0.717, 1.165) is 12.0 Å². The Hall–Kier alpha value is -1.80. The first-order chi connectivity index (χ1) is 9.24. The van der Waals surface area contributed by atoms with E-state index in [1.54, 1.807) is 0 Å². The third kappa shape index (κ3) is 3.36. The summed E-state index contributed by atoms with van der Waals surface area (Å²) in [6.45, 7) is 4.40. The van der Waals surface area contributed by atoms with Gasteiger partial charge in [0, 0.05) is 11.7 Å². The van der Waals surface area contributed by atoms with Gasteiger partial charge in [0.05, 0.1) is 6.61 Å². The lowest BCUT2D eigenvalue weighted by atomic mass is 10.0. The third-order valence-electron chi connectivity index (χ3n) is 3.40. The van der Waals surface area contributed by atoms with Crippen LogP contribution in [-0.2, 0) is 13.0 Å². The average Bonchev–Trinajstić information content (AvgIpc) is 2.47. The predicted molar refractivity (Wildman–Crippen MR) is 80.2 cm³/mol. The van der Waals surface area contributed by atoms with Crippen LogP contribution >= 0.6 is 0 Å². The number of benzene rings is 2. The molecule has 2 rings (SSSR count). The molecule has 0 aliphatic carbocycles. The van der Waals surface area contributed by atoms with Crippen molar-refractivity contribution < 1.29 is 5.11 Å². The highest BCUT2D eigenvalue weighted by Crippen LogP contribution is 2.23. The lowest BCUT2D eigenvalue weighted by molar-refractivity contribution is 0.281. The molecule has 2 N–H and O–H groups in total. The molecule has 19 heavy (non-hydrogen) atoms. The minimum Gasteiger partial charge on any atom is -0.392 e. The normalized spacial score (nSPS) is 12.2. The van der Waals surface area contributed by atoms with Crippen LogP contribution in [0, 0.1) is 0 Å². The van der Waals surface area contributed by atoms with Crippen molar-refractivity contribution in [2.75, 3.05) is 5.32 Å². The van der Waals surface area contributed by atoms with Crippen molar-refractivity contribution >= 4 is 5.69 Å². The standard InChI is InChI=1S/C17H21NO/c1-3-15-8-4-5-10-17(15)18-13(2)16-9-6-7-14(11-16)12-19/h4-11,13,18-19H,3,12H2,1-2H3. The largest absolute Gasteiger partial charge is 0.392 e. The lowest BCUT2D eigenvalue weighted by Gasteiger charge is -2.18. The summed E-state index contributed by atoms with van der Waals surface area (Å²) < 4.78 is 0. The van der Waals surface area contributed by atoms with Crippen molar-refractivity contribution in [3.05, 3.63) is 65.2 Å². The molecular weight excluding hydrogens is 234 g/mol. The second kappa shape index (κ2) is 6.39. The van der Waals surface area contributed by atoms with Crippen LogP contribution in [0.4, 0.5) is 5.69 Å². The van der Waals surface area contributed by atoms with Gasteiger partial charge in [-0.05, 0) is 36.1 Å². The Bertz CT molecular complexity index is 536. The van der Waals surface area contributed by atoms with E-state index in [1.165, 1.54) is 16.8 Å².